The Morgan fingerprint density at radius 2 is 1.86 bits per heavy atom. The molecule has 1 aromatic rings. The fourth-order valence-electron chi connectivity index (χ4n) is 5.29. The smallest absolute Gasteiger partial charge is 0.230 e. The Bertz CT molecular complexity index is 1010. The van der Waals surface area contributed by atoms with E-state index < -0.39 is 0 Å². The van der Waals surface area contributed by atoms with Crippen LogP contribution in [0.15, 0.2) is 29.4 Å². The van der Waals surface area contributed by atoms with Crippen LogP contribution in [0.4, 0.5) is 0 Å². The van der Waals surface area contributed by atoms with E-state index in [2.05, 4.69) is 48.4 Å². The standard InChI is InChI=1S/C27H39N5O3S/c1-16(2)13-28-24(34)20-10-11-21-22(12-20)32-26(31(25(21)35)14-17(3)4)29-30-27(32)36-15-23(33)19-8-6-18(5)7-9-19/h6-9,16-17,20-22,26,29H,10-15H2,1-5H3,(H,28,34). The number of hydrogen-bond acceptors (Lipinski definition) is 7. The predicted octanol–water partition coefficient (Wildman–Crippen LogP) is 3.43. The molecule has 2 N–H and O–H groups in total. The molecule has 2 fully saturated rings. The van der Waals surface area contributed by atoms with Gasteiger partial charge >= 0.3 is 0 Å². The summed E-state index contributed by atoms with van der Waals surface area (Å²) in [6.45, 7) is 11.7. The van der Waals surface area contributed by atoms with Gasteiger partial charge in [0.25, 0.3) is 0 Å². The molecule has 36 heavy (non-hydrogen) atoms. The van der Waals surface area contributed by atoms with Crippen molar-refractivity contribution in [1.29, 1.82) is 0 Å². The average molecular weight is 514 g/mol. The van der Waals surface area contributed by atoms with Gasteiger partial charge in [-0.25, -0.2) is 0 Å². The van der Waals surface area contributed by atoms with Crippen LogP contribution in [0.3, 0.4) is 0 Å². The number of nitrogens with one attached hydrogen (secondary N) is 2. The molecule has 0 radical (unpaired) electrons. The number of rotatable bonds is 8. The van der Waals surface area contributed by atoms with E-state index in [0.717, 1.165) is 10.7 Å². The van der Waals surface area contributed by atoms with E-state index in [1.165, 1.54) is 11.8 Å². The molecule has 2 amide bonds. The number of Topliss-reactive ketones (excluding diaryl/α,β-unsaturated/α-hetero) is 1. The van der Waals surface area contributed by atoms with Crippen LogP contribution in [-0.4, -0.2) is 63.7 Å². The molecular weight excluding hydrogens is 474 g/mol. The van der Waals surface area contributed by atoms with E-state index in [-0.39, 0.29) is 47.5 Å². The van der Waals surface area contributed by atoms with Gasteiger partial charge in [0.05, 0.1) is 11.7 Å². The summed E-state index contributed by atoms with van der Waals surface area (Å²) in [6, 6.07) is 7.48. The Balaban J connectivity index is 1.51. The summed E-state index contributed by atoms with van der Waals surface area (Å²) < 4.78 is 0. The number of aryl methyl sites for hydroxylation is 1. The highest BCUT2D eigenvalue weighted by Gasteiger charge is 2.53. The molecule has 1 saturated heterocycles. The molecule has 196 valence electrons. The molecule has 9 heteroatoms. The maximum Gasteiger partial charge on any atom is 0.230 e. The zero-order valence-corrected chi connectivity index (χ0v) is 22.8. The van der Waals surface area contributed by atoms with Crippen LogP contribution >= 0.6 is 11.8 Å². The van der Waals surface area contributed by atoms with Crippen LogP contribution in [0, 0.1) is 30.6 Å². The lowest BCUT2D eigenvalue weighted by molar-refractivity contribution is -0.158. The van der Waals surface area contributed by atoms with Gasteiger partial charge in [0, 0.05) is 30.6 Å². The van der Waals surface area contributed by atoms with Crippen LogP contribution in [0.1, 0.15) is 62.9 Å². The Morgan fingerprint density at radius 3 is 2.53 bits per heavy atom. The Kier molecular flexibility index (Phi) is 8.27. The number of thioether (sulfide) groups is 1. The van der Waals surface area contributed by atoms with Crippen molar-refractivity contribution in [3.05, 3.63) is 35.4 Å². The van der Waals surface area contributed by atoms with E-state index in [9.17, 15) is 14.4 Å². The molecule has 1 saturated carbocycles. The molecular formula is C27H39N5O3S. The number of hydrazone groups is 1. The molecule has 1 aromatic carbocycles. The topological polar surface area (TPSA) is 94.1 Å². The SMILES string of the molecule is Cc1ccc(C(=O)CSC2=NNC3N(CC(C)C)C(=O)C4CCC(C(=O)NCC(C)C)CC4N23)cc1. The normalized spacial score (nSPS) is 25.4. The van der Waals surface area contributed by atoms with Gasteiger partial charge in [-0.15, -0.1) is 0 Å². The first-order valence-corrected chi connectivity index (χ1v) is 14.1. The number of carbonyl (C=O) groups is 3. The fraction of sp³-hybridized carbons (Fsp3) is 0.630. The zero-order valence-electron chi connectivity index (χ0n) is 22.0. The summed E-state index contributed by atoms with van der Waals surface area (Å²) in [4.78, 5) is 43.4. The molecule has 2 aliphatic heterocycles. The van der Waals surface area contributed by atoms with Gasteiger partial charge in [0.2, 0.25) is 11.8 Å². The first-order valence-electron chi connectivity index (χ1n) is 13.1. The summed E-state index contributed by atoms with van der Waals surface area (Å²) in [5.41, 5.74) is 4.97. The number of carbonyl (C=O) groups excluding carboxylic acids is 3. The van der Waals surface area contributed by atoms with Crippen molar-refractivity contribution >= 4 is 34.5 Å². The third-order valence-electron chi connectivity index (χ3n) is 7.15. The molecule has 0 aromatic heterocycles. The van der Waals surface area contributed by atoms with E-state index >= 15 is 0 Å². The Morgan fingerprint density at radius 1 is 1.14 bits per heavy atom. The zero-order chi connectivity index (χ0) is 26.0. The molecule has 8 nitrogen and oxygen atoms in total. The Labute approximate surface area is 218 Å². The summed E-state index contributed by atoms with van der Waals surface area (Å²) in [5, 5.41) is 8.38. The van der Waals surface area contributed by atoms with Gasteiger partial charge in [-0.05, 0) is 38.0 Å². The van der Waals surface area contributed by atoms with Gasteiger partial charge in [0.1, 0.15) is 0 Å². The quantitative estimate of drug-likeness (QED) is 0.518. The van der Waals surface area contributed by atoms with Gasteiger partial charge in [-0.2, -0.15) is 5.10 Å². The van der Waals surface area contributed by atoms with Gasteiger partial charge in [0.15, 0.2) is 17.2 Å². The molecule has 0 spiro atoms. The number of benzene rings is 1. The molecule has 4 rings (SSSR count). The lowest BCUT2D eigenvalue weighted by Crippen LogP contribution is -2.68. The minimum Gasteiger partial charge on any atom is -0.356 e. The second-order valence-electron chi connectivity index (χ2n) is 11.1. The average Bonchev–Trinajstić information content (AvgIpc) is 3.27. The lowest BCUT2D eigenvalue weighted by Gasteiger charge is -2.51. The van der Waals surface area contributed by atoms with Crippen LogP contribution in [0.2, 0.25) is 0 Å². The van der Waals surface area contributed by atoms with Crippen LogP contribution in [0.5, 0.6) is 0 Å². The van der Waals surface area contributed by atoms with Gasteiger partial charge in [-0.3, -0.25) is 19.8 Å². The van der Waals surface area contributed by atoms with E-state index in [1.54, 1.807) is 0 Å². The molecule has 2 heterocycles. The van der Waals surface area contributed by atoms with Crippen molar-refractivity contribution in [2.75, 3.05) is 18.8 Å². The highest BCUT2D eigenvalue weighted by molar-refractivity contribution is 8.14. The van der Waals surface area contributed by atoms with Crippen molar-refractivity contribution in [3.8, 4) is 0 Å². The number of nitrogens with zero attached hydrogens (tertiary/aromatic N) is 3. The second-order valence-corrected chi connectivity index (χ2v) is 12.0. The number of amides is 2. The molecule has 4 atom stereocenters. The van der Waals surface area contributed by atoms with E-state index in [4.69, 9.17) is 0 Å². The minimum atomic E-state index is -0.379. The summed E-state index contributed by atoms with van der Waals surface area (Å²) >= 11 is 1.40. The first kappa shape index (κ1) is 26.5. The lowest BCUT2D eigenvalue weighted by atomic mass is 9.75. The largest absolute Gasteiger partial charge is 0.356 e. The third kappa shape index (κ3) is 5.71. The molecule has 0 bridgehead atoms. The highest BCUT2D eigenvalue weighted by Crippen LogP contribution is 2.41. The van der Waals surface area contributed by atoms with Crippen LogP contribution < -0.4 is 10.7 Å². The maximum absolute atomic E-state index is 13.6. The van der Waals surface area contributed by atoms with E-state index in [0.29, 0.717) is 49.8 Å². The van der Waals surface area contributed by atoms with Gasteiger partial charge in [-0.1, -0.05) is 69.3 Å². The van der Waals surface area contributed by atoms with Crippen molar-refractivity contribution in [2.24, 2.45) is 28.8 Å². The molecule has 3 aliphatic rings. The van der Waals surface area contributed by atoms with Gasteiger partial charge < -0.3 is 15.1 Å². The maximum atomic E-state index is 13.6. The summed E-state index contributed by atoms with van der Waals surface area (Å²) in [7, 11) is 0. The van der Waals surface area contributed by atoms with Crippen molar-refractivity contribution in [3.63, 3.8) is 0 Å². The number of ketones is 1. The monoisotopic (exact) mass is 513 g/mol. The Hall–Kier alpha value is -2.55. The molecule has 1 aliphatic carbocycles. The number of amidine groups is 1. The third-order valence-corrected chi connectivity index (χ3v) is 8.12. The van der Waals surface area contributed by atoms with Crippen molar-refractivity contribution in [2.45, 2.75) is 66.2 Å². The molecule has 4 unspecified atom stereocenters. The second kappa shape index (κ2) is 11.2. The van der Waals surface area contributed by atoms with Crippen LogP contribution in [0.25, 0.3) is 0 Å². The fourth-order valence-corrected chi connectivity index (χ4v) is 6.21. The predicted molar refractivity (Wildman–Crippen MR) is 143 cm³/mol. The summed E-state index contributed by atoms with van der Waals surface area (Å²) in [6.07, 6.45) is 1.63. The number of hydrogen-bond donors (Lipinski definition) is 2. The van der Waals surface area contributed by atoms with E-state index in [1.807, 2.05) is 36.1 Å². The summed E-state index contributed by atoms with van der Waals surface area (Å²) in [5.74, 6) is 0.921. The minimum absolute atomic E-state index is 0.0457. The highest BCUT2D eigenvalue weighted by atomic mass is 32.2. The first-order chi connectivity index (χ1) is 17.2. The van der Waals surface area contributed by atoms with Crippen LogP contribution in [-0.2, 0) is 9.59 Å². The van der Waals surface area contributed by atoms with Crippen molar-refractivity contribution in [1.82, 2.24) is 20.5 Å². The van der Waals surface area contributed by atoms with Crippen molar-refractivity contribution < 1.29 is 14.4 Å². The number of fused-ring (bicyclic) bond motifs is 3.